The lowest BCUT2D eigenvalue weighted by atomic mass is 10.3. The normalized spacial score (nSPS) is 9.12. The quantitative estimate of drug-likeness (QED) is 0.484. The molecule has 42 valence electrons. The first-order valence-corrected chi connectivity index (χ1v) is 2.39. The summed E-state index contributed by atoms with van der Waals surface area (Å²) in [5.74, 6) is -0.132. The van der Waals surface area contributed by atoms with E-state index in [4.69, 9.17) is 0 Å². The van der Waals surface area contributed by atoms with E-state index in [0.29, 0.717) is 5.56 Å². The Labute approximate surface area is 47.8 Å². The molecule has 2 nitrogen and oxygen atoms in total. The largest absolute Gasteiger partial charge is 0.858 e. The van der Waals surface area contributed by atoms with Gasteiger partial charge in [-0.1, -0.05) is 6.07 Å². The monoisotopic (exact) mass is 108 g/mol. The van der Waals surface area contributed by atoms with Crippen molar-refractivity contribution >= 4 is 0 Å². The van der Waals surface area contributed by atoms with Crippen LogP contribution in [-0.2, 0) is 0 Å². The van der Waals surface area contributed by atoms with E-state index in [1.165, 1.54) is 6.20 Å². The number of hydrogen-bond acceptors (Lipinski definition) is 2. The van der Waals surface area contributed by atoms with Crippen LogP contribution in [0.1, 0.15) is 5.56 Å². The summed E-state index contributed by atoms with van der Waals surface area (Å²) in [6.45, 7) is 1.75. The van der Waals surface area contributed by atoms with E-state index in [2.05, 4.69) is 4.98 Å². The van der Waals surface area contributed by atoms with Crippen LogP contribution >= 0.6 is 0 Å². The molecule has 1 aromatic heterocycles. The van der Waals surface area contributed by atoms with Gasteiger partial charge in [-0.25, -0.2) is 0 Å². The third kappa shape index (κ3) is 0.780. The van der Waals surface area contributed by atoms with Gasteiger partial charge in [0.2, 0.25) is 0 Å². The second-order valence-electron chi connectivity index (χ2n) is 1.63. The van der Waals surface area contributed by atoms with Gasteiger partial charge >= 0.3 is 0 Å². The molecule has 0 aliphatic carbocycles. The summed E-state index contributed by atoms with van der Waals surface area (Å²) >= 11 is 0. The molecule has 0 fully saturated rings. The van der Waals surface area contributed by atoms with Gasteiger partial charge in [-0.2, -0.15) is 0 Å². The average molecular weight is 108 g/mol. The molecule has 1 rings (SSSR count). The molecular formula is C6H6NO-. The van der Waals surface area contributed by atoms with E-state index in [1.807, 2.05) is 0 Å². The zero-order valence-electron chi connectivity index (χ0n) is 4.59. The van der Waals surface area contributed by atoms with Crippen molar-refractivity contribution in [3.05, 3.63) is 23.9 Å². The molecular weight excluding hydrogens is 102 g/mol. The van der Waals surface area contributed by atoms with Gasteiger partial charge in [0.1, 0.15) is 0 Å². The highest BCUT2D eigenvalue weighted by Crippen LogP contribution is 2.03. The van der Waals surface area contributed by atoms with Crippen molar-refractivity contribution in [2.75, 3.05) is 0 Å². The Morgan fingerprint density at radius 2 is 2.38 bits per heavy atom. The third-order valence-corrected chi connectivity index (χ3v) is 0.961. The number of pyridine rings is 1. The maximum absolute atomic E-state index is 10.5. The highest BCUT2D eigenvalue weighted by Gasteiger charge is 1.79. The van der Waals surface area contributed by atoms with Gasteiger partial charge in [0.15, 0.2) is 0 Å². The molecule has 0 atom stereocenters. The molecule has 0 aliphatic heterocycles. The van der Waals surface area contributed by atoms with Crippen LogP contribution < -0.4 is 5.11 Å². The molecule has 0 spiro atoms. The van der Waals surface area contributed by atoms with E-state index in [-0.39, 0.29) is 5.88 Å². The Balaban J connectivity index is 3.13. The van der Waals surface area contributed by atoms with Crippen LogP contribution in [0.3, 0.4) is 0 Å². The molecule has 2 heteroatoms. The molecule has 0 saturated heterocycles. The first-order valence-electron chi connectivity index (χ1n) is 2.39. The Bertz CT molecular complexity index is 165. The fourth-order valence-corrected chi connectivity index (χ4v) is 0.471. The van der Waals surface area contributed by atoms with Crippen molar-refractivity contribution < 1.29 is 5.11 Å². The molecule has 1 aromatic rings. The summed E-state index contributed by atoms with van der Waals surface area (Å²) in [7, 11) is 0. The molecule has 0 aromatic carbocycles. The van der Waals surface area contributed by atoms with Crippen molar-refractivity contribution in [3.63, 3.8) is 0 Å². The van der Waals surface area contributed by atoms with Gasteiger partial charge < -0.3 is 5.11 Å². The van der Waals surface area contributed by atoms with Crippen LogP contribution in [0.15, 0.2) is 18.3 Å². The standard InChI is InChI=1S/C6H7NO/c1-5-3-2-4-7-6(5)8/h2-4H,1H3,(H,7,8)/p-1. The molecule has 0 unspecified atom stereocenters. The van der Waals surface area contributed by atoms with E-state index in [9.17, 15) is 5.11 Å². The van der Waals surface area contributed by atoms with E-state index in [1.54, 1.807) is 19.1 Å². The van der Waals surface area contributed by atoms with E-state index < -0.39 is 0 Å². The second kappa shape index (κ2) is 1.82. The molecule has 0 amide bonds. The molecule has 0 N–H and O–H groups in total. The van der Waals surface area contributed by atoms with Crippen molar-refractivity contribution in [1.29, 1.82) is 0 Å². The highest BCUT2D eigenvalue weighted by atomic mass is 16.3. The van der Waals surface area contributed by atoms with Gasteiger partial charge in [0.05, 0.1) is 0 Å². The van der Waals surface area contributed by atoms with Gasteiger partial charge in [-0.05, 0) is 24.4 Å². The first kappa shape index (κ1) is 5.09. The lowest BCUT2D eigenvalue weighted by Gasteiger charge is -2.04. The minimum absolute atomic E-state index is 0.132. The zero-order chi connectivity index (χ0) is 5.98. The Hall–Kier alpha value is -1.05. The predicted molar refractivity (Wildman–Crippen MR) is 28.4 cm³/mol. The molecule has 8 heavy (non-hydrogen) atoms. The van der Waals surface area contributed by atoms with Crippen molar-refractivity contribution in [3.8, 4) is 5.88 Å². The maximum atomic E-state index is 10.5. The number of aryl methyl sites for hydroxylation is 1. The summed E-state index contributed by atoms with van der Waals surface area (Å²) in [6, 6.07) is 3.49. The molecule has 0 saturated carbocycles. The Morgan fingerprint density at radius 3 is 2.75 bits per heavy atom. The summed E-state index contributed by atoms with van der Waals surface area (Å²) in [5.41, 5.74) is 0.701. The minimum Gasteiger partial charge on any atom is -0.858 e. The SMILES string of the molecule is Cc1cccnc1[O-]. The Morgan fingerprint density at radius 1 is 1.62 bits per heavy atom. The first-order chi connectivity index (χ1) is 3.80. The minimum atomic E-state index is -0.132. The molecule has 0 bridgehead atoms. The van der Waals surface area contributed by atoms with Crippen LogP contribution in [0.2, 0.25) is 0 Å². The predicted octanol–water partition coefficient (Wildman–Crippen LogP) is 0.464. The highest BCUT2D eigenvalue weighted by molar-refractivity contribution is 5.19. The van der Waals surface area contributed by atoms with Crippen LogP contribution in [-0.4, -0.2) is 4.98 Å². The van der Waals surface area contributed by atoms with Crippen LogP contribution in [0.5, 0.6) is 5.88 Å². The number of nitrogens with zero attached hydrogens (tertiary/aromatic N) is 1. The van der Waals surface area contributed by atoms with Crippen LogP contribution in [0.25, 0.3) is 0 Å². The van der Waals surface area contributed by atoms with Gasteiger partial charge in [0.25, 0.3) is 0 Å². The fourth-order valence-electron chi connectivity index (χ4n) is 0.471. The lowest BCUT2D eigenvalue weighted by molar-refractivity contribution is -0.275. The lowest BCUT2D eigenvalue weighted by Crippen LogP contribution is -1.94. The van der Waals surface area contributed by atoms with Gasteiger partial charge in [-0.3, -0.25) is 4.98 Å². The average Bonchev–Trinajstić information content (AvgIpc) is 1.77. The molecule has 1 heterocycles. The molecule has 0 radical (unpaired) electrons. The topological polar surface area (TPSA) is 36.0 Å². The maximum Gasteiger partial charge on any atom is 0.0260 e. The number of hydrogen-bond donors (Lipinski definition) is 0. The summed E-state index contributed by atoms with van der Waals surface area (Å²) in [4.78, 5) is 3.52. The second-order valence-corrected chi connectivity index (χ2v) is 1.63. The molecule has 0 aliphatic rings. The third-order valence-electron chi connectivity index (χ3n) is 0.961. The van der Waals surface area contributed by atoms with E-state index >= 15 is 0 Å². The van der Waals surface area contributed by atoms with Crippen molar-refractivity contribution in [1.82, 2.24) is 4.98 Å². The number of rotatable bonds is 0. The zero-order valence-corrected chi connectivity index (χ0v) is 4.59. The van der Waals surface area contributed by atoms with E-state index in [0.717, 1.165) is 0 Å². The fraction of sp³-hybridized carbons (Fsp3) is 0.167. The van der Waals surface area contributed by atoms with Crippen LogP contribution in [0.4, 0.5) is 0 Å². The smallest absolute Gasteiger partial charge is 0.0260 e. The van der Waals surface area contributed by atoms with Gasteiger partial charge in [0, 0.05) is 6.20 Å². The van der Waals surface area contributed by atoms with Crippen LogP contribution in [0, 0.1) is 6.92 Å². The van der Waals surface area contributed by atoms with Gasteiger partial charge in [-0.15, -0.1) is 0 Å². The summed E-state index contributed by atoms with van der Waals surface area (Å²) in [5, 5.41) is 10.5. The summed E-state index contributed by atoms with van der Waals surface area (Å²) < 4.78 is 0. The van der Waals surface area contributed by atoms with Crippen molar-refractivity contribution in [2.24, 2.45) is 0 Å². The Kier molecular flexibility index (Phi) is 1.16. The van der Waals surface area contributed by atoms with Crippen molar-refractivity contribution in [2.45, 2.75) is 6.92 Å². The number of aromatic nitrogens is 1. The summed E-state index contributed by atoms with van der Waals surface area (Å²) in [6.07, 6.45) is 1.50.